The third kappa shape index (κ3) is 1.80. The molecule has 3 atom stereocenters. The highest BCUT2D eigenvalue weighted by Gasteiger charge is 2.43. The normalized spacial score (nSPS) is 42.0. The van der Waals surface area contributed by atoms with Crippen molar-refractivity contribution >= 4 is 17.5 Å². The lowest BCUT2D eigenvalue weighted by atomic mass is 9.79. The Kier molecular flexibility index (Phi) is 2.56. The summed E-state index contributed by atoms with van der Waals surface area (Å²) in [6.45, 7) is 0. The number of piperidine rings is 1. The Morgan fingerprint density at radius 3 is 2.81 bits per heavy atom. The van der Waals surface area contributed by atoms with Crippen molar-refractivity contribution in [1.82, 2.24) is 10.2 Å². The molecule has 4 aliphatic rings. The number of nitrogens with one attached hydrogen (secondary N) is 1. The molecule has 16 heavy (non-hydrogen) atoms. The van der Waals surface area contributed by atoms with Gasteiger partial charge in [0.1, 0.15) is 6.10 Å². The van der Waals surface area contributed by atoms with E-state index in [2.05, 4.69) is 22.3 Å². The van der Waals surface area contributed by atoms with Crippen molar-refractivity contribution in [2.24, 2.45) is 4.99 Å². The van der Waals surface area contributed by atoms with Gasteiger partial charge in [-0.15, -0.1) is 0 Å². The highest BCUT2D eigenvalue weighted by molar-refractivity contribution is 6.21. The number of fused-ring (bicyclic) bond motifs is 2. The van der Waals surface area contributed by atoms with Crippen molar-refractivity contribution < 1.29 is 4.74 Å². The molecule has 2 bridgehead atoms. The van der Waals surface area contributed by atoms with Crippen LogP contribution in [0.5, 0.6) is 0 Å². The van der Waals surface area contributed by atoms with E-state index in [9.17, 15) is 0 Å². The van der Waals surface area contributed by atoms with Crippen LogP contribution in [0.1, 0.15) is 19.3 Å². The standard InChI is InChI=1S/C11H16ClN3O/c1-15-7-4-8(15)6-9(5-7)16-10-2-3-13-11(12)14-10/h2-3,7-9,11,13H,4-6H2,1H3. The third-order valence-electron chi connectivity index (χ3n) is 3.75. The number of hydrogen-bond donors (Lipinski definition) is 1. The number of halogens is 1. The van der Waals surface area contributed by atoms with E-state index in [0.717, 1.165) is 12.8 Å². The quantitative estimate of drug-likeness (QED) is 0.555. The summed E-state index contributed by atoms with van der Waals surface area (Å²) in [7, 11) is 2.20. The van der Waals surface area contributed by atoms with Crippen LogP contribution >= 0.6 is 11.6 Å². The molecular weight excluding hydrogens is 226 g/mol. The van der Waals surface area contributed by atoms with Crippen molar-refractivity contribution in [2.45, 2.75) is 43.1 Å². The molecule has 3 heterocycles. The number of rotatable bonds is 1. The van der Waals surface area contributed by atoms with Gasteiger partial charge in [0, 0.05) is 24.4 Å². The lowest BCUT2D eigenvalue weighted by Gasteiger charge is -2.53. The molecule has 4 rings (SSSR count). The predicted molar refractivity (Wildman–Crippen MR) is 63.4 cm³/mol. The maximum atomic E-state index is 5.86. The van der Waals surface area contributed by atoms with Gasteiger partial charge < -0.3 is 15.0 Å². The first kappa shape index (κ1) is 10.4. The van der Waals surface area contributed by atoms with Gasteiger partial charge in [0.15, 0.2) is 5.62 Å². The largest absolute Gasteiger partial charge is 0.474 e. The third-order valence-corrected chi connectivity index (χ3v) is 3.98. The minimum atomic E-state index is -0.388. The van der Waals surface area contributed by atoms with Crippen molar-refractivity contribution in [3.05, 3.63) is 12.3 Å². The topological polar surface area (TPSA) is 36.9 Å². The van der Waals surface area contributed by atoms with Crippen LogP contribution in [-0.4, -0.2) is 41.7 Å². The van der Waals surface area contributed by atoms with Gasteiger partial charge in [-0.05, 0) is 26.3 Å². The zero-order valence-electron chi connectivity index (χ0n) is 9.27. The van der Waals surface area contributed by atoms with Crippen LogP contribution in [0.3, 0.4) is 0 Å². The van der Waals surface area contributed by atoms with Crippen LogP contribution in [-0.2, 0) is 4.74 Å². The van der Waals surface area contributed by atoms with E-state index in [1.165, 1.54) is 6.42 Å². The second kappa shape index (κ2) is 3.93. The van der Waals surface area contributed by atoms with Crippen LogP contribution in [0, 0.1) is 0 Å². The fraction of sp³-hybridized carbons (Fsp3) is 0.727. The Labute approximate surface area is 100 Å². The zero-order chi connectivity index (χ0) is 11.1. The smallest absolute Gasteiger partial charge is 0.213 e. The highest BCUT2D eigenvalue weighted by atomic mass is 35.5. The summed E-state index contributed by atoms with van der Waals surface area (Å²) < 4.78 is 5.86. The van der Waals surface area contributed by atoms with Gasteiger partial charge in [-0.2, -0.15) is 0 Å². The minimum Gasteiger partial charge on any atom is -0.474 e. The summed E-state index contributed by atoms with van der Waals surface area (Å²) in [6, 6.07) is 1.42. The summed E-state index contributed by atoms with van der Waals surface area (Å²) in [5.74, 6) is 0.660. The van der Waals surface area contributed by atoms with E-state index in [1.807, 2.05) is 6.08 Å². The molecule has 5 heteroatoms. The van der Waals surface area contributed by atoms with Crippen molar-refractivity contribution in [2.75, 3.05) is 7.05 Å². The molecule has 1 aliphatic carbocycles. The molecule has 1 saturated carbocycles. The number of aliphatic imine (C=N–C) groups is 1. The van der Waals surface area contributed by atoms with E-state index >= 15 is 0 Å². The van der Waals surface area contributed by atoms with Crippen LogP contribution in [0.4, 0.5) is 0 Å². The number of nitrogens with zero attached hydrogens (tertiary/aromatic N) is 2. The molecule has 3 unspecified atom stereocenters. The van der Waals surface area contributed by atoms with E-state index < -0.39 is 0 Å². The fourth-order valence-electron chi connectivity index (χ4n) is 2.76. The van der Waals surface area contributed by atoms with Crippen LogP contribution in [0.25, 0.3) is 0 Å². The second-order valence-electron chi connectivity index (χ2n) is 4.72. The Morgan fingerprint density at radius 2 is 2.19 bits per heavy atom. The van der Waals surface area contributed by atoms with Gasteiger partial charge in [-0.1, -0.05) is 11.6 Å². The molecule has 0 spiro atoms. The maximum Gasteiger partial charge on any atom is 0.213 e. The van der Waals surface area contributed by atoms with Gasteiger partial charge in [0.2, 0.25) is 5.90 Å². The monoisotopic (exact) mass is 241 g/mol. The summed E-state index contributed by atoms with van der Waals surface area (Å²) >= 11 is 5.85. The average molecular weight is 242 g/mol. The Morgan fingerprint density at radius 1 is 1.44 bits per heavy atom. The van der Waals surface area contributed by atoms with Gasteiger partial charge in [0.25, 0.3) is 0 Å². The molecule has 4 nitrogen and oxygen atoms in total. The first-order valence-electron chi connectivity index (χ1n) is 5.75. The molecule has 0 aromatic heterocycles. The highest BCUT2D eigenvalue weighted by Crippen LogP contribution is 2.37. The molecular formula is C11H16ClN3O. The predicted octanol–water partition coefficient (Wildman–Crippen LogP) is 1.28. The number of ether oxygens (including phenoxy) is 1. The van der Waals surface area contributed by atoms with Gasteiger partial charge in [-0.25, -0.2) is 4.99 Å². The van der Waals surface area contributed by atoms with Gasteiger partial charge in [0.05, 0.1) is 0 Å². The first-order chi connectivity index (χ1) is 7.72. The lowest BCUT2D eigenvalue weighted by Crippen LogP contribution is -2.60. The Bertz CT molecular complexity index is 332. The zero-order valence-corrected chi connectivity index (χ0v) is 10.0. The van der Waals surface area contributed by atoms with Gasteiger partial charge >= 0.3 is 0 Å². The summed E-state index contributed by atoms with van der Waals surface area (Å²) in [6.07, 6.45) is 7.49. The SMILES string of the molecule is CN1C2CC(OC3=NC(Cl)NC=C3)CC1C2. The molecule has 3 aliphatic heterocycles. The number of alkyl halides is 1. The molecule has 0 aromatic rings. The summed E-state index contributed by atoms with van der Waals surface area (Å²) in [5.41, 5.74) is -0.388. The van der Waals surface area contributed by atoms with Crippen molar-refractivity contribution in [3.63, 3.8) is 0 Å². The van der Waals surface area contributed by atoms with E-state index in [-0.39, 0.29) is 5.62 Å². The summed E-state index contributed by atoms with van der Waals surface area (Å²) in [5, 5.41) is 2.88. The van der Waals surface area contributed by atoms with E-state index in [0.29, 0.717) is 24.1 Å². The van der Waals surface area contributed by atoms with E-state index in [4.69, 9.17) is 16.3 Å². The minimum absolute atomic E-state index is 0.310. The van der Waals surface area contributed by atoms with Crippen LogP contribution in [0.2, 0.25) is 0 Å². The Balaban J connectivity index is 1.58. The average Bonchev–Trinajstić information content (AvgIpc) is 2.28. The van der Waals surface area contributed by atoms with Gasteiger partial charge in [-0.3, -0.25) is 0 Å². The number of hydrogen-bond acceptors (Lipinski definition) is 4. The molecule has 3 fully saturated rings. The summed E-state index contributed by atoms with van der Waals surface area (Å²) in [4.78, 5) is 6.63. The molecule has 88 valence electrons. The molecule has 0 radical (unpaired) electrons. The fourth-order valence-corrected chi connectivity index (χ4v) is 2.93. The second-order valence-corrected chi connectivity index (χ2v) is 5.14. The molecule has 1 N–H and O–H groups in total. The Hall–Kier alpha value is -0.740. The molecule has 0 aromatic carbocycles. The van der Waals surface area contributed by atoms with E-state index in [1.54, 1.807) is 6.20 Å². The lowest BCUT2D eigenvalue weighted by molar-refractivity contribution is -0.0595. The van der Waals surface area contributed by atoms with Crippen molar-refractivity contribution in [1.29, 1.82) is 0 Å². The van der Waals surface area contributed by atoms with Crippen LogP contribution < -0.4 is 5.32 Å². The first-order valence-corrected chi connectivity index (χ1v) is 6.19. The van der Waals surface area contributed by atoms with Crippen molar-refractivity contribution in [3.8, 4) is 0 Å². The molecule has 2 saturated heterocycles. The van der Waals surface area contributed by atoms with Crippen LogP contribution in [0.15, 0.2) is 17.3 Å². The molecule has 0 amide bonds. The maximum absolute atomic E-state index is 5.86.